The Morgan fingerprint density at radius 1 is 0.875 bits per heavy atom. The Balaban J connectivity index is 1.65. The molecule has 2 aromatic carbocycles. The fourth-order valence-corrected chi connectivity index (χ4v) is 2.46. The van der Waals surface area contributed by atoms with Gasteiger partial charge in [-0.3, -0.25) is 0 Å². The molecule has 128 valence electrons. The van der Waals surface area contributed by atoms with Crippen molar-refractivity contribution in [3.8, 4) is 11.5 Å². The maximum absolute atomic E-state index is 10.8. The van der Waals surface area contributed by atoms with Crippen LogP contribution in [0, 0.1) is 0 Å². The van der Waals surface area contributed by atoms with Crippen LogP contribution in [0.25, 0.3) is 6.08 Å². The summed E-state index contributed by atoms with van der Waals surface area (Å²) in [6.45, 7) is 4.77. The Morgan fingerprint density at radius 3 is 1.75 bits per heavy atom. The minimum absolute atomic E-state index is 0.259. The highest BCUT2D eigenvalue weighted by atomic mass is 32.2. The molecule has 0 aliphatic heterocycles. The largest absolute Gasteiger partial charge is 0.744 e. The van der Waals surface area contributed by atoms with Crippen molar-refractivity contribution < 1.29 is 22.4 Å². The second-order valence-corrected chi connectivity index (χ2v) is 6.48. The summed E-state index contributed by atoms with van der Waals surface area (Å²) in [7, 11) is -4.41. The van der Waals surface area contributed by atoms with Gasteiger partial charge in [0.05, 0.1) is 18.1 Å². The third kappa shape index (κ3) is 5.72. The van der Waals surface area contributed by atoms with Crippen molar-refractivity contribution in [3.63, 3.8) is 0 Å². The molecule has 0 spiro atoms. The Labute approximate surface area is 142 Å². The van der Waals surface area contributed by atoms with E-state index in [0.29, 0.717) is 19.0 Å². The summed E-state index contributed by atoms with van der Waals surface area (Å²) in [6, 6.07) is 13.1. The van der Waals surface area contributed by atoms with Gasteiger partial charge in [-0.25, -0.2) is 8.42 Å². The van der Waals surface area contributed by atoms with Crippen molar-refractivity contribution >= 4 is 16.2 Å². The lowest BCUT2D eigenvalue weighted by atomic mass is 10.2. The van der Waals surface area contributed by atoms with Gasteiger partial charge in [0.2, 0.25) is 0 Å². The molecule has 0 radical (unpaired) electrons. The molecule has 0 aromatic heterocycles. The van der Waals surface area contributed by atoms with Crippen LogP contribution >= 0.6 is 0 Å². The summed E-state index contributed by atoms with van der Waals surface area (Å²) in [5, 5.41) is 0. The molecule has 2 aromatic rings. The van der Waals surface area contributed by atoms with E-state index >= 15 is 0 Å². The topological polar surface area (TPSA) is 75.7 Å². The zero-order valence-electron chi connectivity index (χ0n) is 13.2. The highest BCUT2D eigenvalue weighted by molar-refractivity contribution is 7.85. The molecule has 2 rings (SSSR count). The van der Waals surface area contributed by atoms with Crippen molar-refractivity contribution in [2.75, 3.05) is 13.2 Å². The predicted molar refractivity (Wildman–Crippen MR) is 91.2 cm³/mol. The average molecular weight is 347 g/mol. The smallest absolute Gasteiger partial charge is 0.124 e. The number of benzene rings is 2. The molecule has 0 bridgehead atoms. The molecule has 0 aliphatic rings. The van der Waals surface area contributed by atoms with Gasteiger partial charge in [0.1, 0.15) is 21.6 Å². The standard InChI is InChI=1S/C18H20O5S/c1-2-15-5-7-16(8-6-15)22-13-3-4-14-23-17-9-11-18(12-10-17)24(19,20)21/h2,5-12H,1,3-4,13-14H2,(H,19,20,21)/p-1. The number of ether oxygens (including phenoxy) is 2. The van der Waals surface area contributed by atoms with Gasteiger partial charge in [-0.05, 0) is 54.8 Å². The van der Waals surface area contributed by atoms with Gasteiger partial charge in [0.25, 0.3) is 0 Å². The van der Waals surface area contributed by atoms with E-state index in [1.165, 1.54) is 24.3 Å². The van der Waals surface area contributed by atoms with Crippen LogP contribution in [0.1, 0.15) is 18.4 Å². The van der Waals surface area contributed by atoms with Gasteiger partial charge < -0.3 is 14.0 Å². The monoisotopic (exact) mass is 347 g/mol. The molecule has 0 N–H and O–H groups in total. The third-order valence-corrected chi connectivity index (χ3v) is 4.15. The van der Waals surface area contributed by atoms with Gasteiger partial charge in [-0.2, -0.15) is 0 Å². The molecule has 0 saturated heterocycles. The van der Waals surface area contributed by atoms with Crippen LogP contribution in [0.3, 0.4) is 0 Å². The molecule has 0 amide bonds. The van der Waals surface area contributed by atoms with E-state index in [-0.39, 0.29) is 4.90 Å². The van der Waals surface area contributed by atoms with Crippen molar-refractivity contribution in [2.24, 2.45) is 0 Å². The first-order valence-corrected chi connectivity index (χ1v) is 8.94. The summed E-state index contributed by atoms with van der Waals surface area (Å²) in [5.74, 6) is 1.35. The Morgan fingerprint density at radius 2 is 1.33 bits per heavy atom. The normalized spacial score (nSPS) is 11.0. The first kappa shape index (κ1) is 18.0. The molecule has 0 saturated carbocycles. The highest BCUT2D eigenvalue weighted by Crippen LogP contribution is 2.16. The second-order valence-electron chi connectivity index (χ2n) is 5.10. The summed E-state index contributed by atoms with van der Waals surface area (Å²) >= 11 is 0. The van der Waals surface area contributed by atoms with Gasteiger partial charge in [0, 0.05) is 0 Å². The zero-order valence-corrected chi connectivity index (χ0v) is 14.0. The second kappa shape index (κ2) is 8.52. The van der Waals surface area contributed by atoms with Crippen molar-refractivity contribution in [2.45, 2.75) is 17.7 Å². The number of rotatable bonds is 9. The van der Waals surface area contributed by atoms with Crippen LogP contribution in [-0.2, 0) is 10.1 Å². The molecule has 5 nitrogen and oxygen atoms in total. The van der Waals surface area contributed by atoms with E-state index in [9.17, 15) is 13.0 Å². The van der Waals surface area contributed by atoms with E-state index in [4.69, 9.17) is 9.47 Å². The first-order chi connectivity index (χ1) is 11.5. The average Bonchev–Trinajstić information content (AvgIpc) is 2.58. The summed E-state index contributed by atoms with van der Waals surface area (Å²) in [4.78, 5) is -0.259. The third-order valence-electron chi connectivity index (χ3n) is 3.30. The maximum atomic E-state index is 10.8. The lowest BCUT2D eigenvalue weighted by molar-refractivity contribution is 0.266. The molecule has 0 aliphatic carbocycles. The molecule has 24 heavy (non-hydrogen) atoms. The van der Waals surface area contributed by atoms with Gasteiger partial charge in [-0.1, -0.05) is 24.8 Å². The Kier molecular flexibility index (Phi) is 6.40. The maximum Gasteiger partial charge on any atom is 0.124 e. The van der Waals surface area contributed by atoms with Crippen LogP contribution in [0.5, 0.6) is 11.5 Å². The van der Waals surface area contributed by atoms with Crippen LogP contribution < -0.4 is 9.47 Å². The Hall–Kier alpha value is -2.31. The zero-order chi connectivity index (χ0) is 17.4. The predicted octanol–water partition coefficient (Wildman–Crippen LogP) is 3.47. The number of unbranched alkanes of at least 4 members (excludes halogenated alkanes) is 1. The molecule has 0 unspecified atom stereocenters. The molecular formula is C18H19O5S-. The molecular weight excluding hydrogens is 328 g/mol. The van der Waals surface area contributed by atoms with Crippen LogP contribution in [0.2, 0.25) is 0 Å². The minimum Gasteiger partial charge on any atom is -0.744 e. The molecule has 6 heteroatoms. The van der Waals surface area contributed by atoms with Gasteiger partial charge in [-0.15, -0.1) is 0 Å². The number of hydrogen-bond donors (Lipinski definition) is 0. The quantitative estimate of drug-likeness (QED) is 0.513. The summed E-state index contributed by atoms with van der Waals surface area (Å²) in [6.07, 6.45) is 3.41. The Bertz CT molecular complexity index is 749. The van der Waals surface area contributed by atoms with E-state index < -0.39 is 10.1 Å². The van der Waals surface area contributed by atoms with Crippen molar-refractivity contribution in [3.05, 3.63) is 60.7 Å². The fourth-order valence-electron chi connectivity index (χ4n) is 1.99. The summed E-state index contributed by atoms with van der Waals surface area (Å²) < 4.78 is 43.6. The van der Waals surface area contributed by atoms with Gasteiger partial charge in [0.15, 0.2) is 0 Å². The molecule has 0 fully saturated rings. The molecule has 0 heterocycles. The SMILES string of the molecule is C=Cc1ccc(OCCCCOc2ccc(S(=O)(=O)[O-])cc2)cc1. The lowest BCUT2D eigenvalue weighted by Gasteiger charge is -2.10. The van der Waals surface area contributed by atoms with Crippen molar-refractivity contribution in [1.82, 2.24) is 0 Å². The van der Waals surface area contributed by atoms with E-state index in [2.05, 4.69) is 6.58 Å². The summed E-state index contributed by atoms with van der Waals surface area (Å²) in [5.41, 5.74) is 1.05. The minimum atomic E-state index is -4.41. The fraction of sp³-hybridized carbons (Fsp3) is 0.222. The van der Waals surface area contributed by atoms with Crippen LogP contribution in [0.4, 0.5) is 0 Å². The van der Waals surface area contributed by atoms with Crippen molar-refractivity contribution in [1.29, 1.82) is 0 Å². The van der Waals surface area contributed by atoms with E-state index in [0.717, 1.165) is 24.2 Å². The van der Waals surface area contributed by atoms with E-state index in [1.807, 2.05) is 24.3 Å². The molecule has 0 atom stereocenters. The van der Waals surface area contributed by atoms with Gasteiger partial charge >= 0.3 is 0 Å². The highest BCUT2D eigenvalue weighted by Gasteiger charge is 2.01. The first-order valence-electron chi connectivity index (χ1n) is 7.53. The number of hydrogen-bond acceptors (Lipinski definition) is 5. The van der Waals surface area contributed by atoms with E-state index in [1.54, 1.807) is 6.08 Å². The van der Waals surface area contributed by atoms with Crippen LogP contribution in [0.15, 0.2) is 60.0 Å². The van der Waals surface area contributed by atoms with Crippen LogP contribution in [-0.4, -0.2) is 26.2 Å². The lowest BCUT2D eigenvalue weighted by Crippen LogP contribution is -2.03.